The summed E-state index contributed by atoms with van der Waals surface area (Å²) in [6.07, 6.45) is -3.35. The lowest BCUT2D eigenvalue weighted by atomic mass is 9.54. The van der Waals surface area contributed by atoms with Crippen molar-refractivity contribution in [2.24, 2.45) is 17.3 Å². The summed E-state index contributed by atoms with van der Waals surface area (Å²) in [6, 6.07) is 0. The summed E-state index contributed by atoms with van der Waals surface area (Å²) in [5.74, 6) is -5.51. The third-order valence-electron chi connectivity index (χ3n) is 8.51. The Hall–Kier alpha value is -3.21. The van der Waals surface area contributed by atoms with Crippen molar-refractivity contribution in [3.8, 4) is 0 Å². The Morgan fingerprint density at radius 2 is 1.62 bits per heavy atom. The van der Waals surface area contributed by atoms with Crippen LogP contribution in [0.3, 0.4) is 0 Å². The van der Waals surface area contributed by atoms with Gasteiger partial charge in [0, 0.05) is 39.5 Å². The van der Waals surface area contributed by atoms with Crippen LogP contribution in [0.1, 0.15) is 74.1 Å². The lowest BCUT2D eigenvalue weighted by molar-refractivity contribution is -0.226. The highest BCUT2D eigenvalue weighted by atomic mass is 16.6. The van der Waals surface area contributed by atoms with Gasteiger partial charge in [-0.3, -0.25) is 24.0 Å². The topological polar surface area (TPSA) is 152 Å². The molecule has 0 aromatic carbocycles. The number of carbonyl (C=O) groups is 5. The Kier molecular flexibility index (Phi) is 9.18. The minimum Gasteiger partial charge on any atom is -0.462 e. The van der Waals surface area contributed by atoms with Crippen molar-refractivity contribution in [1.29, 1.82) is 0 Å². The Labute approximate surface area is 234 Å². The van der Waals surface area contributed by atoms with Crippen molar-refractivity contribution in [1.82, 2.24) is 0 Å². The zero-order chi connectivity index (χ0) is 30.2. The summed E-state index contributed by atoms with van der Waals surface area (Å²) < 4.78 is 28.8. The number of rotatable bonds is 5. The predicted octanol–water partition coefficient (Wildman–Crippen LogP) is 2.72. The van der Waals surface area contributed by atoms with Gasteiger partial charge < -0.3 is 28.8 Å². The first-order valence-electron chi connectivity index (χ1n) is 13.6. The number of carbonyl (C=O) groups excluding carboxylic acids is 5. The Morgan fingerprint density at radius 3 is 2.17 bits per heavy atom. The van der Waals surface area contributed by atoms with Gasteiger partial charge in [0.05, 0.1) is 11.3 Å². The second kappa shape index (κ2) is 11.7. The molecule has 3 rings (SSSR count). The van der Waals surface area contributed by atoms with E-state index in [0.717, 1.165) is 12.5 Å². The minimum absolute atomic E-state index is 0.0105. The summed E-state index contributed by atoms with van der Waals surface area (Å²) in [5.41, 5.74) is -2.46. The van der Waals surface area contributed by atoms with Gasteiger partial charge in [0.25, 0.3) is 0 Å². The molecule has 1 saturated carbocycles. The van der Waals surface area contributed by atoms with Crippen molar-refractivity contribution in [3.63, 3.8) is 0 Å². The summed E-state index contributed by atoms with van der Waals surface area (Å²) in [6.45, 7) is 14.4. The van der Waals surface area contributed by atoms with Crippen molar-refractivity contribution in [2.45, 2.75) is 110 Å². The highest BCUT2D eigenvalue weighted by molar-refractivity contribution is 5.78. The van der Waals surface area contributed by atoms with Crippen LogP contribution in [-0.2, 0) is 47.7 Å². The molecule has 222 valence electrons. The normalized spacial score (nSPS) is 38.9. The maximum atomic E-state index is 12.9. The van der Waals surface area contributed by atoms with E-state index in [9.17, 15) is 29.1 Å². The van der Waals surface area contributed by atoms with E-state index in [-0.39, 0.29) is 24.8 Å². The molecule has 2 aliphatic carbocycles. The molecule has 0 spiro atoms. The SMILES string of the molecule is C=C1[C@@H]2C(OC(C)=O)[C@@]3(O)[C@H](/C=C(/C)CC[C@H](OC(C)=O)[C@@]2(C)[C@@H](OC(C)=O)C[C@H]1OC(=O)CC)OC(=O)[C@@H]3C. The average molecular weight is 565 g/mol. The van der Waals surface area contributed by atoms with Crippen LogP contribution in [0.4, 0.5) is 0 Å². The number of aliphatic hydroxyl groups is 1. The molecule has 3 aliphatic rings. The highest BCUT2D eigenvalue weighted by Gasteiger charge is 2.68. The maximum Gasteiger partial charge on any atom is 0.312 e. The van der Waals surface area contributed by atoms with Crippen LogP contribution in [0, 0.1) is 17.3 Å². The van der Waals surface area contributed by atoms with Crippen LogP contribution < -0.4 is 0 Å². The predicted molar refractivity (Wildman–Crippen MR) is 139 cm³/mol. The van der Waals surface area contributed by atoms with E-state index in [1.807, 2.05) is 0 Å². The fourth-order valence-electron chi connectivity index (χ4n) is 6.41. The molecule has 0 aromatic heterocycles. The van der Waals surface area contributed by atoms with E-state index < -0.39 is 83.2 Å². The van der Waals surface area contributed by atoms with Crippen molar-refractivity contribution < 1.29 is 52.8 Å². The molecule has 40 heavy (non-hydrogen) atoms. The first-order chi connectivity index (χ1) is 18.6. The number of hydrogen-bond donors (Lipinski definition) is 1. The summed E-state index contributed by atoms with van der Waals surface area (Å²) in [4.78, 5) is 62.7. The van der Waals surface area contributed by atoms with E-state index in [1.165, 1.54) is 20.8 Å². The van der Waals surface area contributed by atoms with E-state index in [4.69, 9.17) is 23.7 Å². The Bertz CT molecular complexity index is 1110. The molecule has 2 fully saturated rings. The molecule has 0 amide bonds. The van der Waals surface area contributed by atoms with Gasteiger partial charge in [-0.25, -0.2) is 0 Å². The molecule has 9 atom stereocenters. The first-order valence-corrected chi connectivity index (χ1v) is 13.6. The molecule has 1 unspecified atom stereocenters. The molecule has 1 N–H and O–H groups in total. The molecule has 0 aromatic rings. The average Bonchev–Trinajstić information content (AvgIpc) is 3.06. The molecule has 1 saturated heterocycles. The van der Waals surface area contributed by atoms with Gasteiger partial charge in [0.2, 0.25) is 0 Å². The van der Waals surface area contributed by atoms with E-state index >= 15 is 0 Å². The number of hydrogen-bond acceptors (Lipinski definition) is 11. The summed E-state index contributed by atoms with van der Waals surface area (Å²) in [7, 11) is 0. The van der Waals surface area contributed by atoms with E-state index in [0.29, 0.717) is 6.42 Å². The molecular formula is C29H40O11. The monoisotopic (exact) mass is 564 g/mol. The van der Waals surface area contributed by atoms with Crippen LogP contribution in [0.5, 0.6) is 0 Å². The smallest absolute Gasteiger partial charge is 0.312 e. The lowest BCUT2D eigenvalue weighted by Crippen LogP contribution is -2.67. The fourth-order valence-corrected chi connectivity index (χ4v) is 6.41. The van der Waals surface area contributed by atoms with Crippen molar-refractivity contribution in [3.05, 3.63) is 23.8 Å². The van der Waals surface area contributed by atoms with Gasteiger partial charge in [-0.15, -0.1) is 0 Å². The Morgan fingerprint density at radius 1 is 1.05 bits per heavy atom. The molecule has 11 nitrogen and oxygen atoms in total. The third-order valence-corrected chi connectivity index (χ3v) is 8.51. The minimum atomic E-state index is -2.10. The molecular weight excluding hydrogens is 524 g/mol. The Balaban J connectivity index is 2.39. The van der Waals surface area contributed by atoms with Crippen LogP contribution in [0.25, 0.3) is 0 Å². The molecule has 11 heteroatoms. The molecule has 1 heterocycles. The van der Waals surface area contributed by atoms with Gasteiger partial charge in [-0.2, -0.15) is 0 Å². The standard InChI is InChI=1S/C29H40O11/c1-9-24(33)39-20-13-22(37-18(6)31)28(8)21(36-17(5)30)11-10-14(2)12-23-29(35,16(4)27(34)40-23)26(38-19(7)32)25(28)15(20)3/h12,16,20-23,25-26,35H,3,9-11,13H2,1-2,4-8H3/b14-12-/t16-,20+,21-,22-,23-,25+,26?,28-,29-/m0/s1. The summed E-state index contributed by atoms with van der Waals surface area (Å²) in [5, 5.41) is 12.4. The quantitative estimate of drug-likeness (QED) is 0.298. The molecule has 0 bridgehead atoms. The fraction of sp³-hybridized carbons (Fsp3) is 0.690. The number of fused-ring (bicyclic) bond motifs is 2. The van der Waals surface area contributed by atoms with Gasteiger partial charge in [-0.1, -0.05) is 26.0 Å². The largest absolute Gasteiger partial charge is 0.462 e. The van der Waals surface area contributed by atoms with Crippen LogP contribution in [0.15, 0.2) is 23.8 Å². The highest BCUT2D eigenvalue weighted by Crippen LogP contribution is 2.56. The van der Waals surface area contributed by atoms with E-state index in [2.05, 4.69) is 6.58 Å². The van der Waals surface area contributed by atoms with Gasteiger partial charge in [0.15, 0.2) is 11.7 Å². The number of esters is 5. The number of ether oxygens (including phenoxy) is 5. The molecule has 1 aliphatic heterocycles. The lowest BCUT2D eigenvalue weighted by Gasteiger charge is -2.56. The van der Waals surface area contributed by atoms with E-state index in [1.54, 1.807) is 26.8 Å². The van der Waals surface area contributed by atoms with Crippen LogP contribution >= 0.6 is 0 Å². The van der Waals surface area contributed by atoms with Gasteiger partial charge in [0.1, 0.15) is 24.4 Å². The zero-order valence-corrected chi connectivity index (χ0v) is 24.2. The zero-order valence-electron chi connectivity index (χ0n) is 24.2. The van der Waals surface area contributed by atoms with Crippen LogP contribution in [0.2, 0.25) is 0 Å². The summed E-state index contributed by atoms with van der Waals surface area (Å²) >= 11 is 0. The van der Waals surface area contributed by atoms with Gasteiger partial charge in [-0.05, 0) is 38.3 Å². The number of allylic oxidation sites excluding steroid dienone is 1. The first kappa shape index (κ1) is 31.3. The third kappa shape index (κ3) is 5.66. The van der Waals surface area contributed by atoms with Crippen LogP contribution in [-0.4, -0.2) is 71.1 Å². The van der Waals surface area contributed by atoms with Crippen molar-refractivity contribution in [2.75, 3.05) is 0 Å². The van der Waals surface area contributed by atoms with Gasteiger partial charge >= 0.3 is 29.8 Å². The molecule has 0 radical (unpaired) electrons. The van der Waals surface area contributed by atoms with Crippen molar-refractivity contribution >= 4 is 29.8 Å². The second-order valence-electron chi connectivity index (χ2n) is 11.2. The maximum absolute atomic E-state index is 12.9. The second-order valence-corrected chi connectivity index (χ2v) is 11.2.